The number of rotatable bonds is 1. The summed E-state index contributed by atoms with van der Waals surface area (Å²) < 4.78 is 12.9. The van der Waals surface area contributed by atoms with E-state index in [4.69, 9.17) is 0 Å². The number of barbiturate groups is 1. The number of carbonyl (C=O) groups excluding carboxylic acids is 3. The van der Waals surface area contributed by atoms with Crippen molar-refractivity contribution in [3.05, 3.63) is 41.2 Å². The van der Waals surface area contributed by atoms with Crippen LogP contribution in [-0.2, 0) is 9.59 Å². The number of carbonyl (C=O) groups is 3. The molecule has 0 atom stereocenters. The Hall–Kier alpha value is -2.50. The van der Waals surface area contributed by atoms with Gasteiger partial charge in [-0.2, -0.15) is 0 Å². The highest BCUT2D eigenvalue weighted by atomic mass is 19.1. The summed E-state index contributed by atoms with van der Waals surface area (Å²) in [6, 6.07) is 4.60. The summed E-state index contributed by atoms with van der Waals surface area (Å²) in [4.78, 5) is 37.0. The van der Waals surface area contributed by atoms with Crippen LogP contribution in [0.15, 0.2) is 29.8 Å². The summed E-state index contributed by atoms with van der Waals surface area (Å²) in [5.74, 6) is -1.83. The van der Waals surface area contributed by atoms with Crippen molar-refractivity contribution in [1.82, 2.24) is 10.2 Å². The van der Waals surface area contributed by atoms with Gasteiger partial charge in [-0.3, -0.25) is 19.8 Å². The van der Waals surface area contributed by atoms with Gasteiger partial charge in [0.25, 0.3) is 11.8 Å². The number of nitrogens with zero attached hydrogens (tertiary/aromatic N) is 1. The number of imide groups is 2. The van der Waals surface area contributed by atoms with E-state index in [1.54, 1.807) is 20.8 Å². The standard InChI is InChI=1S/C15H15FN2O3/c1-15(2,3)18-13(20)11(12(19)17-14(18)21)8-9-4-6-10(16)7-5-9/h4-8H,1-3H3,(H,17,19,21). The van der Waals surface area contributed by atoms with Gasteiger partial charge >= 0.3 is 6.03 Å². The van der Waals surface area contributed by atoms with Crippen molar-refractivity contribution in [1.29, 1.82) is 0 Å². The number of benzene rings is 1. The third kappa shape index (κ3) is 2.99. The first-order valence-electron chi connectivity index (χ1n) is 6.37. The van der Waals surface area contributed by atoms with E-state index in [0.29, 0.717) is 5.56 Å². The molecule has 4 amide bonds. The molecule has 0 aliphatic carbocycles. The highest BCUT2D eigenvalue weighted by molar-refractivity contribution is 6.31. The lowest BCUT2D eigenvalue weighted by atomic mass is 10.0. The number of amides is 4. The number of halogens is 1. The van der Waals surface area contributed by atoms with Crippen LogP contribution in [0.5, 0.6) is 0 Å². The van der Waals surface area contributed by atoms with Gasteiger partial charge < -0.3 is 0 Å². The van der Waals surface area contributed by atoms with E-state index in [9.17, 15) is 18.8 Å². The van der Waals surface area contributed by atoms with Crippen LogP contribution >= 0.6 is 0 Å². The lowest BCUT2D eigenvalue weighted by Gasteiger charge is -2.36. The molecule has 1 aliphatic rings. The molecule has 1 heterocycles. The fourth-order valence-corrected chi connectivity index (χ4v) is 1.99. The minimum Gasteiger partial charge on any atom is -0.273 e. The van der Waals surface area contributed by atoms with Gasteiger partial charge in [-0.25, -0.2) is 9.18 Å². The summed E-state index contributed by atoms with van der Waals surface area (Å²) in [6.45, 7) is 5.07. The topological polar surface area (TPSA) is 66.5 Å². The van der Waals surface area contributed by atoms with E-state index in [-0.39, 0.29) is 5.57 Å². The Labute approximate surface area is 121 Å². The highest BCUT2D eigenvalue weighted by Crippen LogP contribution is 2.22. The molecule has 0 bridgehead atoms. The number of urea groups is 1. The first-order valence-corrected chi connectivity index (χ1v) is 6.37. The predicted molar refractivity (Wildman–Crippen MR) is 74.5 cm³/mol. The van der Waals surface area contributed by atoms with Crippen LogP contribution in [0.25, 0.3) is 6.08 Å². The maximum atomic E-state index is 12.9. The van der Waals surface area contributed by atoms with Crippen LogP contribution in [-0.4, -0.2) is 28.3 Å². The van der Waals surface area contributed by atoms with E-state index >= 15 is 0 Å². The van der Waals surface area contributed by atoms with Crippen molar-refractivity contribution in [2.45, 2.75) is 26.3 Å². The number of nitrogens with one attached hydrogen (secondary N) is 1. The van der Waals surface area contributed by atoms with E-state index in [0.717, 1.165) is 4.90 Å². The van der Waals surface area contributed by atoms with Crippen molar-refractivity contribution < 1.29 is 18.8 Å². The molecule has 1 aromatic carbocycles. The second-order valence-electron chi connectivity index (χ2n) is 5.68. The second-order valence-corrected chi connectivity index (χ2v) is 5.68. The minimum absolute atomic E-state index is 0.156. The second kappa shape index (κ2) is 5.12. The molecule has 21 heavy (non-hydrogen) atoms. The van der Waals surface area contributed by atoms with Gasteiger partial charge in [0.2, 0.25) is 0 Å². The minimum atomic E-state index is -0.760. The smallest absolute Gasteiger partial charge is 0.273 e. The Kier molecular flexibility index (Phi) is 3.63. The normalized spacial score (nSPS) is 18.2. The first kappa shape index (κ1) is 14.9. The maximum Gasteiger partial charge on any atom is 0.331 e. The monoisotopic (exact) mass is 290 g/mol. The zero-order valence-electron chi connectivity index (χ0n) is 11.9. The lowest BCUT2D eigenvalue weighted by molar-refractivity contribution is -0.133. The Morgan fingerprint density at radius 3 is 2.19 bits per heavy atom. The molecule has 1 fully saturated rings. The van der Waals surface area contributed by atoms with Gasteiger partial charge in [0.05, 0.1) is 0 Å². The van der Waals surface area contributed by atoms with Crippen LogP contribution in [0, 0.1) is 5.82 Å². The van der Waals surface area contributed by atoms with E-state index in [2.05, 4.69) is 5.32 Å². The summed E-state index contributed by atoms with van der Waals surface area (Å²) in [7, 11) is 0. The molecule has 0 unspecified atom stereocenters. The van der Waals surface area contributed by atoms with Gasteiger partial charge in [0.15, 0.2) is 0 Å². The van der Waals surface area contributed by atoms with Crippen molar-refractivity contribution in [2.24, 2.45) is 0 Å². The van der Waals surface area contributed by atoms with Crippen LogP contribution in [0.1, 0.15) is 26.3 Å². The van der Waals surface area contributed by atoms with Gasteiger partial charge in [-0.05, 0) is 44.5 Å². The predicted octanol–water partition coefficient (Wildman–Crippen LogP) is 2.09. The molecule has 5 nitrogen and oxygen atoms in total. The molecule has 1 aliphatic heterocycles. The number of hydrogen-bond acceptors (Lipinski definition) is 3. The summed E-state index contributed by atoms with van der Waals surface area (Å²) in [5.41, 5.74) is -0.418. The molecular formula is C15H15FN2O3. The van der Waals surface area contributed by atoms with Gasteiger partial charge in [0, 0.05) is 5.54 Å². The van der Waals surface area contributed by atoms with E-state index in [1.807, 2.05) is 0 Å². The molecule has 1 aromatic rings. The molecule has 0 spiro atoms. The lowest BCUT2D eigenvalue weighted by Crippen LogP contribution is -2.60. The van der Waals surface area contributed by atoms with Crippen molar-refractivity contribution in [3.63, 3.8) is 0 Å². The summed E-state index contributed by atoms with van der Waals surface area (Å²) in [5, 5.41) is 2.13. The Balaban J connectivity index is 2.42. The maximum absolute atomic E-state index is 12.9. The molecular weight excluding hydrogens is 275 g/mol. The van der Waals surface area contributed by atoms with Crippen LogP contribution in [0.3, 0.4) is 0 Å². The molecule has 2 rings (SSSR count). The largest absolute Gasteiger partial charge is 0.331 e. The molecule has 6 heteroatoms. The average Bonchev–Trinajstić information content (AvgIpc) is 2.34. The third-order valence-corrected chi connectivity index (χ3v) is 2.95. The zero-order chi connectivity index (χ0) is 15.8. The van der Waals surface area contributed by atoms with E-state index in [1.165, 1.54) is 30.3 Å². The molecule has 1 saturated heterocycles. The highest BCUT2D eigenvalue weighted by Gasteiger charge is 2.41. The van der Waals surface area contributed by atoms with Crippen LogP contribution in [0.2, 0.25) is 0 Å². The molecule has 1 N–H and O–H groups in total. The van der Waals surface area contributed by atoms with Crippen molar-refractivity contribution in [3.8, 4) is 0 Å². The Morgan fingerprint density at radius 2 is 1.67 bits per heavy atom. The molecule has 110 valence electrons. The van der Waals surface area contributed by atoms with E-state index < -0.39 is 29.2 Å². The van der Waals surface area contributed by atoms with Crippen LogP contribution < -0.4 is 5.32 Å². The van der Waals surface area contributed by atoms with Crippen molar-refractivity contribution >= 4 is 23.9 Å². The average molecular weight is 290 g/mol. The first-order chi connectivity index (χ1) is 9.70. The zero-order valence-corrected chi connectivity index (χ0v) is 11.9. The fraction of sp³-hybridized carbons (Fsp3) is 0.267. The Bertz CT molecular complexity index is 642. The SMILES string of the molecule is CC(C)(C)N1C(=O)NC(=O)C(=Cc2ccc(F)cc2)C1=O. The van der Waals surface area contributed by atoms with Gasteiger partial charge in [-0.1, -0.05) is 12.1 Å². The number of hydrogen-bond donors (Lipinski definition) is 1. The summed E-state index contributed by atoms with van der Waals surface area (Å²) in [6.07, 6.45) is 1.34. The quantitative estimate of drug-likeness (QED) is 0.636. The van der Waals surface area contributed by atoms with Gasteiger partial charge in [-0.15, -0.1) is 0 Å². The molecule has 0 radical (unpaired) electrons. The summed E-state index contributed by atoms with van der Waals surface area (Å²) >= 11 is 0. The third-order valence-electron chi connectivity index (χ3n) is 2.95. The van der Waals surface area contributed by atoms with Crippen LogP contribution in [0.4, 0.5) is 9.18 Å². The van der Waals surface area contributed by atoms with Gasteiger partial charge in [0.1, 0.15) is 11.4 Å². The molecule has 0 saturated carbocycles. The molecule has 0 aromatic heterocycles. The van der Waals surface area contributed by atoms with Crippen molar-refractivity contribution in [2.75, 3.05) is 0 Å². The fourth-order valence-electron chi connectivity index (χ4n) is 1.99. The Morgan fingerprint density at radius 1 is 1.10 bits per heavy atom.